The zero-order valence-corrected chi connectivity index (χ0v) is 21.2. The highest BCUT2D eigenvalue weighted by molar-refractivity contribution is 6.12. The Morgan fingerprint density at radius 2 is 1.29 bits per heavy atom. The Labute approximate surface area is 224 Å². The van der Waals surface area contributed by atoms with Crippen LogP contribution in [-0.4, -0.2) is 6.04 Å². The van der Waals surface area contributed by atoms with Crippen molar-refractivity contribution in [1.82, 2.24) is 0 Å². The van der Waals surface area contributed by atoms with E-state index in [4.69, 9.17) is 11.0 Å². The van der Waals surface area contributed by atoms with Gasteiger partial charge in [-0.15, -0.1) is 0 Å². The monoisotopic (exact) mass is 488 g/mol. The van der Waals surface area contributed by atoms with Gasteiger partial charge in [-0.05, 0) is 84.3 Å². The maximum Gasteiger partial charge on any atom is 0.112 e. The average Bonchev–Trinajstić information content (AvgIpc) is 2.98. The first-order valence-corrected chi connectivity index (χ1v) is 12.5. The van der Waals surface area contributed by atoms with Crippen LogP contribution in [0.3, 0.4) is 0 Å². The molecule has 0 spiro atoms. The van der Waals surface area contributed by atoms with Gasteiger partial charge >= 0.3 is 0 Å². The molecule has 2 nitrogen and oxygen atoms in total. The van der Waals surface area contributed by atoms with Gasteiger partial charge in [-0.1, -0.05) is 117 Å². The van der Waals surface area contributed by atoms with E-state index in [1.54, 1.807) is 12.2 Å². The Morgan fingerprint density at radius 1 is 0.711 bits per heavy atom. The standard InChI is InChI=1S/C36H28N2/c1-4-24(22-30(38)23-37)26-16-17-28-21-29(19-18-27(28)20-26)36-32(6-3)31(5-2)35(25-12-8-7-9-13-25)33-14-10-11-15-34(33)36/h4-22,30H,1-3,38H2/b24-22+. The number of hydrogen-bond donors (Lipinski definition) is 1. The number of benzene rings is 5. The summed E-state index contributed by atoms with van der Waals surface area (Å²) < 4.78 is 0. The summed E-state index contributed by atoms with van der Waals surface area (Å²) in [6.07, 6.45) is 7.35. The normalized spacial score (nSPS) is 12.2. The van der Waals surface area contributed by atoms with Crippen LogP contribution < -0.4 is 5.73 Å². The van der Waals surface area contributed by atoms with Crippen molar-refractivity contribution in [2.45, 2.75) is 6.04 Å². The first kappa shape index (κ1) is 24.7. The Kier molecular flexibility index (Phi) is 6.87. The molecule has 0 saturated carbocycles. The zero-order chi connectivity index (χ0) is 26.6. The third-order valence-electron chi connectivity index (χ3n) is 6.96. The lowest BCUT2D eigenvalue weighted by Gasteiger charge is -2.20. The molecule has 5 aromatic carbocycles. The van der Waals surface area contributed by atoms with Crippen molar-refractivity contribution in [2.24, 2.45) is 5.73 Å². The summed E-state index contributed by atoms with van der Waals surface area (Å²) >= 11 is 0. The van der Waals surface area contributed by atoms with E-state index in [1.807, 2.05) is 30.4 Å². The third-order valence-corrected chi connectivity index (χ3v) is 6.96. The van der Waals surface area contributed by atoms with E-state index in [9.17, 15) is 0 Å². The lowest BCUT2D eigenvalue weighted by Crippen LogP contribution is -2.13. The molecular formula is C36H28N2. The van der Waals surface area contributed by atoms with Crippen LogP contribution in [0, 0.1) is 11.3 Å². The molecule has 182 valence electrons. The first-order valence-electron chi connectivity index (χ1n) is 12.5. The van der Waals surface area contributed by atoms with Crippen molar-refractivity contribution >= 4 is 39.3 Å². The number of nitriles is 1. The molecule has 5 rings (SSSR count). The second kappa shape index (κ2) is 10.6. The third kappa shape index (κ3) is 4.37. The average molecular weight is 489 g/mol. The van der Waals surface area contributed by atoms with Gasteiger partial charge in [-0.2, -0.15) is 5.26 Å². The second-order valence-electron chi connectivity index (χ2n) is 9.15. The van der Waals surface area contributed by atoms with E-state index in [1.165, 1.54) is 16.3 Å². The van der Waals surface area contributed by atoms with Crippen LogP contribution in [0.4, 0.5) is 0 Å². The van der Waals surface area contributed by atoms with Crippen molar-refractivity contribution in [3.8, 4) is 28.3 Å². The topological polar surface area (TPSA) is 49.8 Å². The summed E-state index contributed by atoms with van der Waals surface area (Å²) in [5, 5.41) is 13.7. The molecular weight excluding hydrogens is 460 g/mol. The maximum atomic E-state index is 9.11. The largest absolute Gasteiger partial charge is 0.313 e. The number of nitrogens with two attached hydrogens (primary N) is 1. The van der Waals surface area contributed by atoms with Crippen LogP contribution in [0.2, 0.25) is 0 Å². The number of rotatable bonds is 7. The Morgan fingerprint density at radius 3 is 1.89 bits per heavy atom. The van der Waals surface area contributed by atoms with E-state index in [0.29, 0.717) is 0 Å². The quantitative estimate of drug-likeness (QED) is 0.232. The highest BCUT2D eigenvalue weighted by Crippen LogP contribution is 2.43. The smallest absolute Gasteiger partial charge is 0.112 e. The van der Waals surface area contributed by atoms with Crippen LogP contribution in [0.15, 0.2) is 123 Å². The molecule has 2 heteroatoms. The fraction of sp³-hybridized carbons (Fsp3) is 0.0278. The number of fused-ring (bicyclic) bond motifs is 2. The highest BCUT2D eigenvalue weighted by atomic mass is 14.6. The molecule has 0 fully saturated rings. The number of hydrogen-bond acceptors (Lipinski definition) is 2. The molecule has 5 aromatic rings. The molecule has 0 saturated heterocycles. The van der Waals surface area contributed by atoms with Crippen LogP contribution in [0.25, 0.3) is 61.5 Å². The van der Waals surface area contributed by atoms with Gasteiger partial charge in [0.1, 0.15) is 6.04 Å². The molecule has 0 aliphatic carbocycles. The molecule has 0 radical (unpaired) electrons. The van der Waals surface area contributed by atoms with Gasteiger partial charge in [0.15, 0.2) is 0 Å². The fourth-order valence-electron chi connectivity index (χ4n) is 5.22. The molecule has 2 N–H and O–H groups in total. The summed E-state index contributed by atoms with van der Waals surface area (Å²) in [4.78, 5) is 0. The van der Waals surface area contributed by atoms with Gasteiger partial charge in [-0.3, -0.25) is 0 Å². The minimum Gasteiger partial charge on any atom is -0.313 e. The predicted molar refractivity (Wildman–Crippen MR) is 164 cm³/mol. The Bertz CT molecular complexity index is 1780. The Balaban J connectivity index is 1.75. The van der Waals surface area contributed by atoms with Crippen molar-refractivity contribution in [3.63, 3.8) is 0 Å². The molecule has 0 aromatic heterocycles. The van der Waals surface area contributed by atoms with Crippen molar-refractivity contribution < 1.29 is 0 Å². The molecule has 0 heterocycles. The minimum absolute atomic E-state index is 0.676. The van der Waals surface area contributed by atoms with E-state index in [0.717, 1.165) is 49.7 Å². The van der Waals surface area contributed by atoms with Crippen LogP contribution >= 0.6 is 0 Å². The van der Waals surface area contributed by atoms with E-state index < -0.39 is 6.04 Å². The van der Waals surface area contributed by atoms with E-state index >= 15 is 0 Å². The number of allylic oxidation sites excluding steroid dienone is 2. The van der Waals surface area contributed by atoms with Gasteiger partial charge in [-0.25, -0.2) is 0 Å². The lowest BCUT2D eigenvalue weighted by molar-refractivity contribution is 1.04. The molecule has 0 amide bonds. The maximum absolute atomic E-state index is 9.11. The molecule has 1 atom stereocenters. The minimum atomic E-state index is -0.676. The van der Waals surface area contributed by atoms with Gasteiger partial charge in [0.05, 0.1) is 6.07 Å². The molecule has 0 aliphatic rings. The SMILES string of the molecule is C=C/C(=C\C(N)C#N)c1ccc2cc(-c3c(C=C)c(C=C)c(-c4ccccc4)c4ccccc34)ccc2c1. The van der Waals surface area contributed by atoms with Gasteiger partial charge in [0, 0.05) is 0 Å². The molecule has 1 unspecified atom stereocenters. The van der Waals surface area contributed by atoms with Crippen molar-refractivity contribution in [3.05, 3.63) is 140 Å². The summed E-state index contributed by atoms with van der Waals surface area (Å²) in [5.41, 5.74) is 14.4. The van der Waals surface area contributed by atoms with Gasteiger partial charge < -0.3 is 5.73 Å². The molecule has 0 aliphatic heterocycles. The van der Waals surface area contributed by atoms with Crippen molar-refractivity contribution in [1.29, 1.82) is 5.26 Å². The predicted octanol–water partition coefficient (Wildman–Crippen LogP) is 9.03. The number of nitrogens with zero attached hydrogens (tertiary/aromatic N) is 1. The Hall–Kier alpha value is -4.97. The van der Waals surface area contributed by atoms with Crippen molar-refractivity contribution in [2.75, 3.05) is 0 Å². The van der Waals surface area contributed by atoms with Crippen LogP contribution in [0.1, 0.15) is 16.7 Å². The molecule has 0 bridgehead atoms. The summed E-state index contributed by atoms with van der Waals surface area (Å²) in [6.45, 7) is 12.3. The summed E-state index contributed by atoms with van der Waals surface area (Å²) in [6, 6.07) is 33.2. The fourth-order valence-corrected chi connectivity index (χ4v) is 5.22. The second-order valence-corrected chi connectivity index (χ2v) is 9.15. The van der Waals surface area contributed by atoms with E-state index in [2.05, 4.69) is 98.6 Å². The van der Waals surface area contributed by atoms with Gasteiger partial charge in [0.2, 0.25) is 0 Å². The zero-order valence-electron chi connectivity index (χ0n) is 21.2. The highest BCUT2D eigenvalue weighted by Gasteiger charge is 2.18. The summed E-state index contributed by atoms with van der Waals surface area (Å²) in [5.74, 6) is 0. The van der Waals surface area contributed by atoms with Crippen LogP contribution in [-0.2, 0) is 0 Å². The van der Waals surface area contributed by atoms with E-state index in [-0.39, 0.29) is 0 Å². The summed E-state index contributed by atoms with van der Waals surface area (Å²) in [7, 11) is 0. The van der Waals surface area contributed by atoms with Crippen LogP contribution in [0.5, 0.6) is 0 Å². The molecule has 38 heavy (non-hydrogen) atoms. The van der Waals surface area contributed by atoms with Gasteiger partial charge in [0.25, 0.3) is 0 Å². The lowest BCUT2D eigenvalue weighted by atomic mass is 9.83. The first-order chi connectivity index (χ1) is 18.6.